The fourth-order valence-corrected chi connectivity index (χ4v) is 1.98. The van der Waals surface area contributed by atoms with Crippen molar-refractivity contribution in [1.29, 1.82) is 0 Å². The second kappa shape index (κ2) is 4.50. The summed E-state index contributed by atoms with van der Waals surface area (Å²) in [5.41, 5.74) is 2.41. The summed E-state index contributed by atoms with van der Waals surface area (Å²) in [5, 5.41) is 15.8. The third kappa shape index (κ3) is 2.21. The number of thiazole rings is 1. The van der Waals surface area contributed by atoms with Crippen LogP contribution in [0.2, 0.25) is 0 Å². The van der Waals surface area contributed by atoms with Gasteiger partial charge in [0.15, 0.2) is 0 Å². The minimum absolute atomic E-state index is 0.456. The number of hydrogen-bond donors (Lipinski definition) is 1. The normalized spacial score (nSPS) is 12.9. The van der Waals surface area contributed by atoms with Gasteiger partial charge in [-0.05, 0) is 6.92 Å². The van der Waals surface area contributed by atoms with Gasteiger partial charge < -0.3 is 5.11 Å². The summed E-state index contributed by atoms with van der Waals surface area (Å²) in [6, 6.07) is 0. The Hall–Kier alpha value is -1.27. The van der Waals surface area contributed by atoms with Crippen LogP contribution in [0.3, 0.4) is 0 Å². The molecule has 0 saturated heterocycles. The van der Waals surface area contributed by atoms with Crippen LogP contribution < -0.4 is 0 Å². The van der Waals surface area contributed by atoms with E-state index in [4.69, 9.17) is 0 Å². The van der Waals surface area contributed by atoms with Crippen LogP contribution in [0.1, 0.15) is 24.5 Å². The third-order valence-electron chi connectivity index (χ3n) is 2.16. The van der Waals surface area contributed by atoms with Crippen LogP contribution in [0.25, 0.3) is 0 Å². The third-order valence-corrected chi connectivity index (χ3v) is 2.77. The molecule has 0 aliphatic carbocycles. The molecule has 15 heavy (non-hydrogen) atoms. The van der Waals surface area contributed by atoms with Crippen molar-refractivity contribution < 1.29 is 5.11 Å². The number of nitrogens with zero attached hydrogens (tertiary/aromatic N) is 4. The summed E-state index contributed by atoms with van der Waals surface area (Å²) in [7, 11) is 0. The number of hydrogen-bond acceptors (Lipinski definition) is 5. The van der Waals surface area contributed by atoms with Crippen molar-refractivity contribution in [2.24, 2.45) is 0 Å². The molecule has 2 rings (SSSR count). The van der Waals surface area contributed by atoms with Crippen molar-refractivity contribution in [3.05, 3.63) is 28.7 Å². The topological polar surface area (TPSA) is 63.8 Å². The molecule has 0 aromatic carbocycles. The molecule has 0 saturated carbocycles. The van der Waals surface area contributed by atoms with E-state index >= 15 is 0 Å². The van der Waals surface area contributed by atoms with Gasteiger partial charge in [0.1, 0.15) is 18.3 Å². The van der Waals surface area contributed by atoms with E-state index < -0.39 is 6.10 Å². The molecule has 2 aromatic rings. The highest BCUT2D eigenvalue weighted by Gasteiger charge is 2.13. The first-order valence-corrected chi connectivity index (χ1v) is 5.68. The summed E-state index contributed by atoms with van der Waals surface area (Å²) >= 11 is 1.48. The number of rotatable bonds is 4. The van der Waals surface area contributed by atoms with Crippen molar-refractivity contribution in [3.8, 4) is 0 Å². The maximum atomic E-state index is 9.86. The second-order valence-corrected chi connectivity index (χ2v) is 3.84. The Bertz CT molecular complexity index is 411. The quantitative estimate of drug-likeness (QED) is 0.842. The van der Waals surface area contributed by atoms with Gasteiger partial charge in [0.25, 0.3) is 0 Å². The Morgan fingerprint density at radius 1 is 1.53 bits per heavy atom. The zero-order valence-corrected chi connectivity index (χ0v) is 9.18. The minimum atomic E-state index is -0.592. The lowest BCUT2D eigenvalue weighted by Crippen LogP contribution is -2.09. The lowest BCUT2D eigenvalue weighted by atomic mass is 10.2. The highest BCUT2D eigenvalue weighted by atomic mass is 32.1. The first-order chi connectivity index (χ1) is 7.31. The average molecular weight is 224 g/mol. The van der Waals surface area contributed by atoms with E-state index in [0.717, 1.165) is 12.4 Å². The summed E-state index contributed by atoms with van der Waals surface area (Å²) in [4.78, 5) is 8.17. The highest BCUT2D eigenvalue weighted by molar-refractivity contribution is 7.07. The van der Waals surface area contributed by atoms with Gasteiger partial charge in [-0.25, -0.2) is 9.97 Å². The molecule has 1 N–H and O–H groups in total. The Labute approximate surface area is 91.4 Å². The molecule has 0 amide bonds. The second-order valence-electron chi connectivity index (χ2n) is 3.13. The van der Waals surface area contributed by atoms with Crippen molar-refractivity contribution >= 4 is 11.3 Å². The van der Waals surface area contributed by atoms with E-state index in [0.29, 0.717) is 12.1 Å². The highest BCUT2D eigenvalue weighted by Crippen LogP contribution is 2.16. The van der Waals surface area contributed by atoms with Gasteiger partial charge in [-0.15, -0.1) is 11.3 Å². The fraction of sp³-hybridized carbons (Fsp3) is 0.444. The zero-order valence-electron chi connectivity index (χ0n) is 8.37. The summed E-state index contributed by atoms with van der Waals surface area (Å²) < 4.78 is 1.77. The first-order valence-electron chi connectivity index (χ1n) is 4.74. The average Bonchev–Trinajstić information content (AvgIpc) is 2.87. The van der Waals surface area contributed by atoms with Crippen molar-refractivity contribution in [1.82, 2.24) is 19.7 Å². The molecule has 0 radical (unpaired) electrons. The first kappa shape index (κ1) is 10.3. The van der Waals surface area contributed by atoms with Crippen LogP contribution in [0.5, 0.6) is 0 Å². The predicted molar refractivity (Wildman–Crippen MR) is 56.5 cm³/mol. The largest absolute Gasteiger partial charge is 0.386 e. The molecule has 1 unspecified atom stereocenters. The Kier molecular flexibility index (Phi) is 3.08. The lowest BCUT2D eigenvalue weighted by Gasteiger charge is -2.07. The molecular formula is C9H12N4OS. The standard InChI is InChI=1S/C9H12N4OS/c1-2-13-9(10-5-12-13)3-8(14)7-4-15-6-11-7/h4-6,8,14H,2-3H2,1H3. The Balaban J connectivity index is 2.09. The zero-order chi connectivity index (χ0) is 10.7. The number of aliphatic hydroxyl groups excluding tert-OH is 1. The monoisotopic (exact) mass is 224 g/mol. The van der Waals surface area contributed by atoms with Crippen LogP contribution in [-0.4, -0.2) is 24.9 Å². The maximum absolute atomic E-state index is 9.86. The molecule has 0 aliphatic rings. The Morgan fingerprint density at radius 2 is 2.40 bits per heavy atom. The molecule has 0 fully saturated rings. The molecule has 0 spiro atoms. The van der Waals surface area contributed by atoms with E-state index in [9.17, 15) is 5.11 Å². The molecule has 2 aromatic heterocycles. The van der Waals surface area contributed by atoms with Crippen LogP contribution >= 0.6 is 11.3 Å². The number of aryl methyl sites for hydroxylation is 1. The lowest BCUT2D eigenvalue weighted by molar-refractivity contribution is 0.170. The fourth-order valence-electron chi connectivity index (χ4n) is 1.37. The van der Waals surface area contributed by atoms with E-state index in [-0.39, 0.29) is 0 Å². The van der Waals surface area contributed by atoms with Crippen molar-refractivity contribution in [2.75, 3.05) is 0 Å². The van der Waals surface area contributed by atoms with E-state index in [1.807, 2.05) is 12.3 Å². The van der Waals surface area contributed by atoms with Crippen LogP contribution in [0.15, 0.2) is 17.2 Å². The number of aromatic nitrogens is 4. The van der Waals surface area contributed by atoms with Crippen molar-refractivity contribution in [3.63, 3.8) is 0 Å². The molecular weight excluding hydrogens is 212 g/mol. The molecule has 0 bridgehead atoms. The van der Waals surface area contributed by atoms with E-state index in [1.54, 1.807) is 10.2 Å². The summed E-state index contributed by atoms with van der Waals surface area (Å²) in [6.45, 7) is 2.76. The van der Waals surface area contributed by atoms with Gasteiger partial charge in [0.05, 0.1) is 11.2 Å². The van der Waals surface area contributed by atoms with Gasteiger partial charge in [-0.1, -0.05) is 0 Å². The molecule has 2 heterocycles. The molecule has 6 heteroatoms. The molecule has 80 valence electrons. The number of aliphatic hydroxyl groups is 1. The van der Waals surface area contributed by atoms with Crippen LogP contribution in [-0.2, 0) is 13.0 Å². The smallest absolute Gasteiger partial charge is 0.138 e. The SMILES string of the molecule is CCn1ncnc1CC(O)c1cscn1. The van der Waals surface area contributed by atoms with Gasteiger partial charge in [-0.2, -0.15) is 5.10 Å². The van der Waals surface area contributed by atoms with Crippen molar-refractivity contribution in [2.45, 2.75) is 26.0 Å². The molecule has 5 nitrogen and oxygen atoms in total. The summed E-state index contributed by atoms with van der Waals surface area (Å²) in [5.74, 6) is 0.790. The minimum Gasteiger partial charge on any atom is -0.386 e. The predicted octanol–water partition coefficient (Wildman–Crippen LogP) is 1.03. The van der Waals surface area contributed by atoms with Gasteiger partial charge in [0, 0.05) is 18.3 Å². The molecule has 1 atom stereocenters. The van der Waals surface area contributed by atoms with Crippen LogP contribution in [0, 0.1) is 0 Å². The van der Waals surface area contributed by atoms with E-state index in [2.05, 4.69) is 15.1 Å². The van der Waals surface area contributed by atoms with Crippen LogP contribution in [0.4, 0.5) is 0 Å². The summed E-state index contributed by atoms with van der Waals surface area (Å²) in [6.07, 6.45) is 1.37. The Morgan fingerprint density at radius 3 is 3.07 bits per heavy atom. The van der Waals surface area contributed by atoms with E-state index in [1.165, 1.54) is 17.7 Å². The maximum Gasteiger partial charge on any atom is 0.138 e. The van der Waals surface area contributed by atoms with Gasteiger partial charge in [0.2, 0.25) is 0 Å². The van der Waals surface area contributed by atoms with Gasteiger partial charge >= 0.3 is 0 Å². The van der Waals surface area contributed by atoms with Gasteiger partial charge in [-0.3, -0.25) is 4.68 Å². The molecule has 0 aliphatic heterocycles.